The minimum Gasteiger partial charge on any atom is -0.326 e. The van der Waals surface area contributed by atoms with Gasteiger partial charge in [0.15, 0.2) is 0 Å². The third kappa shape index (κ3) is 2.67. The molecule has 0 unspecified atom stereocenters. The molecule has 0 radical (unpaired) electrons. The zero-order valence-electron chi connectivity index (χ0n) is 10.8. The highest BCUT2D eigenvalue weighted by atomic mass is 19.1. The van der Waals surface area contributed by atoms with Gasteiger partial charge in [-0.15, -0.1) is 0 Å². The van der Waals surface area contributed by atoms with E-state index in [4.69, 9.17) is 5.73 Å². The van der Waals surface area contributed by atoms with Gasteiger partial charge in [0.25, 0.3) is 0 Å². The van der Waals surface area contributed by atoms with Gasteiger partial charge in [0.1, 0.15) is 5.82 Å². The minimum atomic E-state index is -0.199. The van der Waals surface area contributed by atoms with Crippen LogP contribution in [0.15, 0.2) is 42.5 Å². The molecule has 2 aromatic carbocycles. The first-order valence-electron chi connectivity index (χ1n) is 6.52. The van der Waals surface area contributed by atoms with Crippen LogP contribution < -0.4 is 5.73 Å². The second-order valence-electron chi connectivity index (χ2n) is 5.09. The standard InChI is InChI=1S/C16H17FN2/c17-16-6-12(8-18)5-13(7-16)9-19-10-14-3-1-2-4-15(14)11-19/h1-7H,8-11,18H2. The molecule has 3 heteroatoms. The van der Waals surface area contributed by atoms with Crippen LogP contribution in [-0.4, -0.2) is 4.90 Å². The Labute approximate surface area is 112 Å². The Kier molecular flexibility index (Phi) is 3.32. The van der Waals surface area contributed by atoms with Crippen molar-refractivity contribution in [2.75, 3.05) is 0 Å². The molecule has 1 heterocycles. The molecule has 0 saturated carbocycles. The number of benzene rings is 2. The molecule has 0 bridgehead atoms. The molecule has 0 atom stereocenters. The Bertz CT molecular complexity index is 570. The summed E-state index contributed by atoms with van der Waals surface area (Å²) in [5.41, 5.74) is 10.2. The van der Waals surface area contributed by atoms with Crippen molar-refractivity contribution < 1.29 is 4.39 Å². The average Bonchev–Trinajstić information content (AvgIpc) is 2.80. The van der Waals surface area contributed by atoms with E-state index >= 15 is 0 Å². The van der Waals surface area contributed by atoms with Gasteiger partial charge in [-0.05, 0) is 34.4 Å². The van der Waals surface area contributed by atoms with E-state index in [2.05, 4.69) is 29.2 Å². The molecule has 2 N–H and O–H groups in total. The van der Waals surface area contributed by atoms with E-state index in [9.17, 15) is 4.39 Å². The highest BCUT2D eigenvalue weighted by Gasteiger charge is 2.18. The Morgan fingerprint density at radius 2 is 1.63 bits per heavy atom. The molecule has 2 aromatic rings. The lowest BCUT2D eigenvalue weighted by Gasteiger charge is -2.15. The van der Waals surface area contributed by atoms with E-state index in [-0.39, 0.29) is 5.82 Å². The van der Waals surface area contributed by atoms with Crippen molar-refractivity contribution >= 4 is 0 Å². The molecule has 0 amide bonds. The van der Waals surface area contributed by atoms with Gasteiger partial charge < -0.3 is 5.73 Å². The number of nitrogens with two attached hydrogens (primary N) is 1. The maximum Gasteiger partial charge on any atom is 0.123 e. The lowest BCUT2D eigenvalue weighted by molar-refractivity contribution is 0.275. The van der Waals surface area contributed by atoms with E-state index in [0.717, 1.165) is 30.8 Å². The van der Waals surface area contributed by atoms with Crippen LogP contribution in [-0.2, 0) is 26.2 Å². The predicted molar refractivity (Wildman–Crippen MR) is 73.7 cm³/mol. The van der Waals surface area contributed by atoms with Crippen LogP contribution in [0, 0.1) is 5.82 Å². The molecule has 98 valence electrons. The Balaban J connectivity index is 1.75. The summed E-state index contributed by atoms with van der Waals surface area (Å²) in [6.07, 6.45) is 0. The van der Waals surface area contributed by atoms with Gasteiger partial charge in [-0.2, -0.15) is 0 Å². The Morgan fingerprint density at radius 1 is 1.00 bits per heavy atom. The average molecular weight is 256 g/mol. The molecular formula is C16H17FN2. The van der Waals surface area contributed by atoms with E-state index in [0.29, 0.717) is 6.54 Å². The van der Waals surface area contributed by atoms with Crippen molar-refractivity contribution in [2.45, 2.75) is 26.2 Å². The number of halogens is 1. The summed E-state index contributed by atoms with van der Waals surface area (Å²) in [5.74, 6) is -0.199. The van der Waals surface area contributed by atoms with Crippen molar-refractivity contribution in [3.05, 3.63) is 70.5 Å². The van der Waals surface area contributed by atoms with Gasteiger partial charge in [-0.3, -0.25) is 4.90 Å². The molecule has 0 fully saturated rings. The molecule has 0 saturated heterocycles. The first-order valence-corrected chi connectivity index (χ1v) is 6.52. The fourth-order valence-corrected chi connectivity index (χ4v) is 2.70. The molecule has 19 heavy (non-hydrogen) atoms. The summed E-state index contributed by atoms with van der Waals surface area (Å²) in [5, 5.41) is 0. The summed E-state index contributed by atoms with van der Waals surface area (Å²) < 4.78 is 13.5. The highest BCUT2D eigenvalue weighted by Crippen LogP contribution is 2.24. The number of fused-ring (bicyclic) bond motifs is 1. The van der Waals surface area contributed by atoms with Crippen molar-refractivity contribution in [1.29, 1.82) is 0 Å². The number of rotatable bonds is 3. The zero-order valence-corrected chi connectivity index (χ0v) is 10.8. The second kappa shape index (κ2) is 5.11. The lowest BCUT2D eigenvalue weighted by Crippen LogP contribution is -2.16. The minimum absolute atomic E-state index is 0.199. The van der Waals surface area contributed by atoms with Crippen LogP contribution in [0.1, 0.15) is 22.3 Å². The topological polar surface area (TPSA) is 29.3 Å². The lowest BCUT2D eigenvalue weighted by atomic mass is 10.1. The van der Waals surface area contributed by atoms with Crippen molar-refractivity contribution in [2.24, 2.45) is 5.73 Å². The fourth-order valence-electron chi connectivity index (χ4n) is 2.70. The predicted octanol–water partition coefficient (Wildman–Crippen LogP) is 2.80. The quantitative estimate of drug-likeness (QED) is 0.915. The molecule has 1 aliphatic heterocycles. The van der Waals surface area contributed by atoms with Crippen LogP contribution in [0.3, 0.4) is 0 Å². The zero-order chi connectivity index (χ0) is 13.2. The molecule has 0 spiro atoms. The Morgan fingerprint density at radius 3 is 2.26 bits per heavy atom. The first-order chi connectivity index (χ1) is 9.24. The first kappa shape index (κ1) is 12.3. The van der Waals surface area contributed by atoms with Crippen molar-refractivity contribution in [1.82, 2.24) is 4.90 Å². The van der Waals surface area contributed by atoms with Gasteiger partial charge in [-0.1, -0.05) is 30.3 Å². The summed E-state index contributed by atoms with van der Waals surface area (Å²) in [7, 11) is 0. The maximum atomic E-state index is 13.5. The van der Waals surface area contributed by atoms with Crippen LogP contribution in [0.2, 0.25) is 0 Å². The third-order valence-corrected chi connectivity index (χ3v) is 3.57. The Hall–Kier alpha value is -1.71. The highest BCUT2D eigenvalue weighted by molar-refractivity contribution is 5.31. The van der Waals surface area contributed by atoms with Gasteiger partial charge >= 0.3 is 0 Å². The van der Waals surface area contributed by atoms with Crippen molar-refractivity contribution in [3.8, 4) is 0 Å². The number of hydrogen-bond donors (Lipinski definition) is 1. The largest absolute Gasteiger partial charge is 0.326 e. The van der Waals surface area contributed by atoms with Crippen LogP contribution in [0.25, 0.3) is 0 Å². The maximum absolute atomic E-state index is 13.5. The fraction of sp³-hybridized carbons (Fsp3) is 0.250. The SMILES string of the molecule is NCc1cc(F)cc(CN2Cc3ccccc3C2)c1. The summed E-state index contributed by atoms with van der Waals surface area (Å²) >= 11 is 0. The number of hydrogen-bond acceptors (Lipinski definition) is 2. The monoisotopic (exact) mass is 256 g/mol. The molecular weight excluding hydrogens is 239 g/mol. The molecule has 3 rings (SSSR count). The summed E-state index contributed by atoms with van der Waals surface area (Å²) in [4.78, 5) is 2.32. The number of nitrogens with zero attached hydrogens (tertiary/aromatic N) is 1. The molecule has 2 nitrogen and oxygen atoms in total. The molecule has 1 aliphatic rings. The normalized spacial score (nSPS) is 14.6. The van der Waals surface area contributed by atoms with Gasteiger partial charge in [0.05, 0.1) is 0 Å². The van der Waals surface area contributed by atoms with E-state index in [1.165, 1.54) is 17.2 Å². The van der Waals surface area contributed by atoms with E-state index in [1.807, 2.05) is 6.07 Å². The van der Waals surface area contributed by atoms with Crippen LogP contribution in [0.4, 0.5) is 4.39 Å². The summed E-state index contributed by atoms with van der Waals surface area (Å²) in [6.45, 7) is 3.01. The van der Waals surface area contributed by atoms with Crippen molar-refractivity contribution in [3.63, 3.8) is 0 Å². The van der Waals surface area contributed by atoms with Crippen LogP contribution in [0.5, 0.6) is 0 Å². The van der Waals surface area contributed by atoms with Gasteiger partial charge in [-0.25, -0.2) is 4.39 Å². The van der Waals surface area contributed by atoms with Crippen LogP contribution >= 0.6 is 0 Å². The van der Waals surface area contributed by atoms with Gasteiger partial charge in [0.2, 0.25) is 0 Å². The molecule has 0 aromatic heterocycles. The third-order valence-electron chi connectivity index (χ3n) is 3.57. The smallest absolute Gasteiger partial charge is 0.123 e. The summed E-state index contributed by atoms with van der Waals surface area (Å²) in [6, 6.07) is 13.5. The van der Waals surface area contributed by atoms with Gasteiger partial charge in [0, 0.05) is 26.2 Å². The second-order valence-corrected chi connectivity index (χ2v) is 5.09. The molecule has 0 aliphatic carbocycles. The van der Waals surface area contributed by atoms with E-state index in [1.54, 1.807) is 6.07 Å². The van der Waals surface area contributed by atoms with E-state index < -0.39 is 0 Å².